The van der Waals surface area contributed by atoms with Gasteiger partial charge in [-0.25, -0.2) is 0 Å². The van der Waals surface area contributed by atoms with Crippen LogP contribution in [0, 0.1) is 5.92 Å². The van der Waals surface area contributed by atoms with Crippen molar-refractivity contribution in [1.29, 1.82) is 0 Å². The minimum Gasteiger partial charge on any atom is -0.491 e. The van der Waals surface area contributed by atoms with Crippen LogP contribution >= 0.6 is 0 Å². The maximum atomic E-state index is 12.3. The van der Waals surface area contributed by atoms with Crippen LogP contribution in [0.3, 0.4) is 0 Å². The van der Waals surface area contributed by atoms with Crippen LogP contribution in [-0.4, -0.2) is 48.8 Å². The van der Waals surface area contributed by atoms with Gasteiger partial charge in [-0.1, -0.05) is 6.92 Å². The van der Waals surface area contributed by atoms with Crippen molar-refractivity contribution in [3.8, 4) is 5.75 Å². The number of ether oxygens (including phenoxy) is 2. The molecule has 122 valence electrons. The number of likely N-dealkylation sites (tertiary alicyclic amines) is 1. The van der Waals surface area contributed by atoms with Crippen LogP contribution < -0.4 is 10.3 Å². The molecule has 0 saturated carbocycles. The first-order valence-corrected chi connectivity index (χ1v) is 7.74. The number of carbonyl (C=O) groups excluding carboxylic acids is 1. The van der Waals surface area contributed by atoms with E-state index in [-0.39, 0.29) is 23.8 Å². The zero-order valence-corrected chi connectivity index (χ0v) is 13.3. The number of pyridine rings is 1. The number of amides is 1. The van der Waals surface area contributed by atoms with E-state index in [1.807, 2.05) is 4.90 Å². The average molecular weight is 308 g/mol. The van der Waals surface area contributed by atoms with Gasteiger partial charge in [-0.15, -0.1) is 0 Å². The average Bonchev–Trinajstić information content (AvgIpc) is 2.98. The van der Waals surface area contributed by atoms with Crippen molar-refractivity contribution >= 4 is 5.91 Å². The van der Waals surface area contributed by atoms with E-state index in [1.165, 1.54) is 11.7 Å². The molecule has 0 spiro atoms. The molecule has 6 heteroatoms. The first-order chi connectivity index (χ1) is 10.7. The SMILES string of the molecule is CCCOC[C@@H]1CCN(C(=O)Cn2cccc(OC)c2=O)C1. The van der Waals surface area contributed by atoms with Crippen LogP contribution in [0.15, 0.2) is 23.1 Å². The maximum absolute atomic E-state index is 12.3. The van der Waals surface area contributed by atoms with Gasteiger partial charge in [-0.2, -0.15) is 0 Å². The van der Waals surface area contributed by atoms with Crippen molar-refractivity contribution in [2.24, 2.45) is 5.92 Å². The number of hydrogen-bond acceptors (Lipinski definition) is 4. The van der Waals surface area contributed by atoms with E-state index >= 15 is 0 Å². The third kappa shape index (κ3) is 4.10. The normalized spacial score (nSPS) is 17.7. The minimum absolute atomic E-state index is 0.0339. The monoisotopic (exact) mass is 308 g/mol. The van der Waals surface area contributed by atoms with Crippen LogP contribution in [0.4, 0.5) is 0 Å². The van der Waals surface area contributed by atoms with Crippen LogP contribution in [0.2, 0.25) is 0 Å². The predicted octanol–water partition coefficient (Wildman–Crippen LogP) is 1.13. The van der Waals surface area contributed by atoms with Gasteiger partial charge in [0.25, 0.3) is 5.56 Å². The lowest BCUT2D eigenvalue weighted by molar-refractivity contribution is -0.131. The lowest BCUT2D eigenvalue weighted by Gasteiger charge is -2.17. The molecule has 0 bridgehead atoms. The predicted molar refractivity (Wildman–Crippen MR) is 83.1 cm³/mol. The summed E-state index contributed by atoms with van der Waals surface area (Å²) in [5.41, 5.74) is -0.277. The lowest BCUT2D eigenvalue weighted by Crippen LogP contribution is -2.35. The van der Waals surface area contributed by atoms with E-state index in [4.69, 9.17) is 9.47 Å². The van der Waals surface area contributed by atoms with Gasteiger partial charge >= 0.3 is 0 Å². The third-order valence-electron chi connectivity index (χ3n) is 3.85. The number of methoxy groups -OCH3 is 1. The summed E-state index contributed by atoms with van der Waals surface area (Å²) in [4.78, 5) is 26.2. The van der Waals surface area contributed by atoms with Crippen LogP contribution in [0.1, 0.15) is 19.8 Å². The molecule has 1 aliphatic rings. The van der Waals surface area contributed by atoms with Crippen molar-refractivity contribution in [2.45, 2.75) is 26.3 Å². The molecule has 2 rings (SSSR count). The number of rotatable bonds is 7. The Morgan fingerprint density at radius 2 is 2.27 bits per heavy atom. The molecule has 1 fully saturated rings. The highest BCUT2D eigenvalue weighted by Crippen LogP contribution is 2.17. The molecule has 6 nitrogen and oxygen atoms in total. The Kier molecular flexibility index (Phi) is 6.00. The van der Waals surface area contributed by atoms with Gasteiger partial charge in [0.1, 0.15) is 6.54 Å². The van der Waals surface area contributed by atoms with Gasteiger partial charge in [0, 0.05) is 31.8 Å². The smallest absolute Gasteiger partial charge is 0.293 e. The van der Waals surface area contributed by atoms with Gasteiger partial charge in [0.05, 0.1) is 13.7 Å². The van der Waals surface area contributed by atoms with Gasteiger partial charge < -0.3 is 18.9 Å². The zero-order chi connectivity index (χ0) is 15.9. The standard InChI is InChI=1S/C16H24N2O4/c1-3-9-22-12-13-6-8-17(10-13)15(19)11-18-7-4-5-14(21-2)16(18)20/h4-5,7,13H,3,6,8-12H2,1-2H3/t13-/m1/s1. The molecule has 1 aromatic rings. The summed E-state index contributed by atoms with van der Waals surface area (Å²) in [5.74, 6) is 0.619. The summed E-state index contributed by atoms with van der Waals surface area (Å²) >= 11 is 0. The molecular formula is C16H24N2O4. The fourth-order valence-corrected chi connectivity index (χ4v) is 2.63. The van der Waals surface area contributed by atoms with Gasteiger partial charge in [0.15, 0.2) is 5.75 Å². The van der Waals surface area contributed by atoms with E-state index in [2.05, 4.69) is 6.92 Å². The van der Waals surface area contributed by atoms with Crippen LogP contribution in [-0.2, 0) is 16.1 Å². The molecule has 1 aliphatic heterocycles. The summed E-state index contributed by atoms with van der Waals surface area (Å²) in [5, 5.41) is 0. The Balaban J connectivity index is 1.90. The second-order valence-electron chi connectivity index (χ2n) is 5.58. The Labute approximate surface area is 130 Å². The van der Waals surface area contributed by atoms with Crippen molar-refractivity contribution < 1.29 is 14.3 Å². The largest absolute Gasteiger partial charge is 0.491 e. The highest BCUT2D eigenvalue weighted by Gasteiger charge is 2.26. The third-order valence-corrected chi connectivity index (χ3v) is 3.85. The quantitative estimate of drug-likeness (QED) is 0.709. The maximum Gasteiger partial charge on any atom is 0.293 e. The highest BCUT2D eigenvalue weighted by molar-refractivity contribution is 5.76. The van der Waals surface area contributed by atoms with Gasteiger partial charge in [-0.05, 0) is 25.0 Å². The minimum atomic E-state index is -0.277. The second kappa shape index (κ2) is 7.98. The van der Waals surface area contributed by atoms with E-state index in [1.54, 1.807) is 18.3 Å². The number of carbonyl (C=O) groups is 1. The molecule has 0 N–H and O–H groups in total. The Morgan fingerprint density at radius 3 is 3.00 bits per heavy atom. The molecule has 0 aliphatic carbocycles. The Bertz CT molecular complexity index is 555. The lowest BCUT2D eigenvalue weighted by atomic mass is 10.1. The van der Waals surface area contributed by atoms with Crippen LogP contribution in [0.25, 0.3) is 0 Å². The first-order valence-electron chi connectivity index (χ1n) is 7.74. The van der Waals surface area contributed by atoms with E-state index in [0.29, 0.717) is 19.1 Å². The molecule has 1 atom stereocenters. The van der Waals surface area contributed by atoms with Crippen LogP contribution in [0.5, 0.6) is 5.75 Å². The molecule has 22 heavy (non-hydrogen) atoms. The topological polar surface area (TPSA) is 60.8 Å². The molecule has 0 unspecified atom stereocenters. The Morgan fingerprint density at radius 1 is 1.45 bits per heavy atom. The summed E-state index contributed by atoms with van der Waals surface area (Å²) < 4.78 is 11.9. The number of hydrogen-bond donors (Lipinski definition) is 0. The molecule has 0 radical (unpaired) electrons. The fraction of sp³-hybridized carbons (Fsp3) is 0.625. The Hall–Kier alpha value is -1.82. The van der Waals surface area contributed by atoms with E-state index < -0.39 is 0 Å². The van der Waals surface area contributed by atoms with Crippen molar-refractivity contribution in [2.75, 3.05) is 33.4 Å². The first kappa shape index (κ1) is 16.5. The summed E-state index contributed by atoms with van der Waals surface area (Å²) in [6, 6.07) is 3.30. The molecule has 0 aromatic carbocycles. The molecular weight excluding hydrogens is 284 g/mol. The van der Waals surface area contributed by atoms with Gasteiger partial charge in [0.2, 0.25) is 5.91 Å². The summed E-state index contributed by atoms with van der Waals surface area (Å²) in [7, 11) is 1.45. The summed E-state index contributed by atoms with van der Waals surface area (Å²) in [6.07, 6.45) is 3.58. The zero-order valence-electron chi connectivity index (χ0n) is 13.3. The van der Waals surface area contributed by atoms with E-state index in [0.717, 1.165) is 26.0 Å². The second-order valence-corrected chi connectivity index (χ2v) is 5.58. The van der Waals surface area contributed by atoms with Crippen molar-refractivity contribution in [3.63, 3.8) is 0 Å². The number of nitrogens with zero attached hydrogens (tertiary/aromatic N) is 2. The molecule has 1 amide bonds. The van der Waals surface area contributed by atoms with Gasteiger partial charge in [-0.3, -0.25) is 9.59 Å². The van der Waals surface area contributed by atoms with Crippen molar-refractivity contribution in [3.05, 3.63) is 28.7 Å². The van der Waals surface area contributed by atoms with Crippen molar-refractivity contribution in [1.82, 2.24) is 9.47 Å². The molecule has 2 heterocycles. The summed E-state index contributed by atoms with van der Waals surface area (Å²) in [6.45, 7) is 5.05. The highest BCUT2D eigenvalue weighted by atomic mass is 16.5. The number of aromatic nitrogens is 1. The fourth-order valence-electron chi connectivity index (χ4n) is 2.63. The molecule has 1 saturated heterocycles. The van der Waals surface area contributed by atoms with E-state index in [9.17, 15) is 9.59 Å². The molecule has 1 aromatic heterocycles.